The van der Waals surface area contributed by atoms with E-state index in [9.17, 15) is 4.79 Å². The fourth-order valence-electron chi connectivity index (χ4n) is 1.88. The van der Waals surface area contributed by atoms with Gasteiger partial charge in [0.2, 0.25) is 5.91 Å². The molecular weight excluding hydrogens is 286 g/mol. The van der Waals surface area contributed by atoms with Gasteiger partial charge in [-0.05, 0) is 31.5 Å². The second-order valence-electron chi connectivity index (χ2n) is 4.11. The van der Waals surface area contributed by atoms with Crippen molar-refractivity contribution < 1.29 is 4.79 Å². The lowest BCUT2D eigenvalue weighted by Crippen LogP contribution is -2.34. The number of hydrogen-bond acceptors (Lipinski definition) is 2. The van der Waals surface area contributed by atoms with E-state index in [1.807, 2.05) is 17.0 Å². The molecule has 0 aromatic heterocycles. The molecule has 1 aromatic rings. The molecule has 16 heavy (non-hydrogen) atoms. The Labute approximate surface area is 109 Å². The van der Waals surface area contributed by atoms with Gasteiger partial charge in [-0.25, -0.2) is 0 Å². The predicted molar refractivity (Wildman–Crippen MR) is 71.3 cm³/mol. The van der Waals surface area contributed by atoms with E-state index >= 15 is 0 Å². The van der Waals surface area contributed by atoms with Gasteiger partial charge >= 0.3 is 0 Å². The van der Waals surface area contributed by atoms with Gasteiger partial charge in [-0.1, -0.05) is 28.1 Å². The van der Waals surface area contributed by atoms with Crippen LogP contribution < -0.4 is 0 Å². The Hall–Kier alpha value is -0.480. The summed E-state index contributed by atoms with van der Waals surface area (Å²) in [4.78, 5) is 13.7. The molecule has 0 unspecified atom stereocenters. The zero-order chi connectivity index (χ0) is 11.7. The summed E-state index contributed by atoms with van der Waals surface area (Å²) < 4.78 is 1.07. The predicted octanol–water partition coefficient (Wildman–Crippen LogP) is 3.43. The van der Waals surface area contributed by atoms with Crippen LogP contribution in [0, 0.1) is 0 Å². The standard InChI is InChI=1S/C12H14BrNOS/c1-8(2)14-11(15)7-16-12(14)9-3-5-10(13)6-4-9/h3-6,8,12H,7H2,1-2H3/t12-/m0/s1. The molecule has 0 spiro atoms. The molecule has 2 rings (SSSR count). The number of rotatable bonds is 2. The molecule has 86 valence electrons. The summed E-state index contributed by atoms with van der Waals surface area (Å²) in [5.74, 6) is 0.840. The monoisotopic (exact) mass is 299 g/mol. The van der Waals surface area contributed by atoms with Gasteiger partial charge in [0.15, 0.2) is 0 Å². The van der Waals surface area contributed by atoms with E-state index in [4.69, 9.17) is 0 Å². The van der Waals surface area contributed by atoms with Crippen molar-refractivity contribution in [3.8, 4) is 0 Å². The van der Waals surface area contributed by atoms with Gasteiger partial charge in [0.05, 0.1) is 5.75 Å². The molecule has 1 aliphatic heterocycles. The quantitative estimate of drug-likeness (QED) is 0.834. The largest absolute Gasteiger partial charge is 0.323 e. The highest BCUT2D eigenvalue weighted by Crippen LogP contribution is 2.39. The maximum atomic E-state index is 11.8. The van der Waals surface area contributed by atoms with Crippen LogP contribution in [0.15, 0.2) is 28.7 Å². The molecule has 1 aliphatic rings. The Morgan fingerprint density at radius 1 is 1.38 bits per heavy atom. The number of benzene rings is 1. The van der Waals surface area contributed by atoms with Crippen LogP contribution in [0.2, 0.25) is 0 Å². The normalized spacial score (nSPS) is 20.9. The number of nitrogens with zero attached hydrogens (tertiary/aromatic N) is 1. The van der Waals surface area contributed by atoms with Crippen LogP contribution in [0.3, 0.4) is 0 Å². The number of thioether (sulfide) groups is 1. The Morgan fingerprint density at radius 3 is 2.56 bits per heavy atom. The van der Waals surface area contributed by atoms with E-state index < -0.39 is 0 Å². The molecule has 4 heteroatoms. The molecule has 1 atom stereocenters. The van der Waals surface area contributed by atoms with E-state index in [1.165, 1.54) is 5.56 Å². The molecule has 0 N–H and O–H groups in total. The third-order valence-corrected chi connectivity index (χ3v) is 4.37. The molecular formula is C12H14BrNOS. The lowest BCUT2D eigenvalue weighted by molar-refractivity contribution is -0.129. The van der Waals surface area contributed by atoms with Gasteiger partial charge in [0.25, 0.3) is 0 Å². The van der Waals surface area contributed by atoms with E-state index in [0.717, 1.165) is 4.47 Å². The van der Waals surface area contributed by atoms with Crippen molar-refractivity contribution in [3.05, 3.63) is 34.3 Å². The first-order valence-corrected chi connectivity index (χ1v) is 7.12. The number of halogens is 1. The summed E-state index contributed by atoms with van der Waals surface area (Å²) >= 11 is 5.13. The SMILES string of the molecule is CC(C)N1C(=O)CS[C@H]1c1ccc(Br)cc1. The molecule has 0 bridgehead atoms. The Balaban J connectivity index is 2.26. The summed E-state index contributed by atoms with van der Waals surface area (Å²) in [6.07, 6.45) is 0. The van der Waals surface area contributed by atoms with Crippen LogP contribution in [-0.2, 0) is 4.79 Å². The highest BCUT2D eigenvalue weighted by atomic mass is 79.9. The number of carbonyl (C=O) groups excluding carboxylic acids is 1. The highest BCUT2D eigenvalue weighted by molar-refractivity contribution is 9.10. The second kappa shape index (κ2) is 4.80. The van der Waals surface area contributed by atoms with Gasteiger partial charge in [0, 0.05) is 10.5 Å². The van der Waals surface area contributed by atoms with E-state index in [-0.39, 0.29) is 17.3 Å². The maximum Gasteiger partial charge on any atom is 0.234 e. The summed E-state index contributed by atoms with van der Waals surface area (Å²) in [5, 5.41) is 0.181. The molecule has 0 radical (unpaired) electrons. The molecule has 1 heterocycles. The summed E-state index contributed by atoms with van der Waals surface area (Å²) in [6.45, 7) is 4.13. The summed E-state index contributed by atoms with van der Waals surface area (Å²) in [6, 6.07) is 8.47. The van der Waals surface area contributed by atoms with E-state index in [0.29, 0.717) is 5.75 Å². The molecule has 1 saturated heterocycles. The van der Waals surface area contributed by atoms with Gasteiger partial charge in [0.1, 0.15) is 5.37 Å². The van der Waals surface area contributed by atoms with Crippen molar-refractivity contribution in [2.24, 2.45) is 0 Å². The van der Waals surface area contributed by atoms with Gasteiger partial charge < -0.3 is 4.90 Å². The lowest BCUT2D eigenvalue weighted by atomic mass is 10.2. The maximum absolute atomic E-state index is 11.8. The summed E-state index contributed by atoms with van der Waals surface area (Å²) in [7, 11) is 0. The molecule has 1 fully saturated rings. The highest BCUT2D eigenvalue weighted by Gasteiger charge is 2.34. The molecule has 1 aromatic carbocycles. The van der Waals surface area contributed by atoms with Gasteiger partial charge in [-0.15, -0.1) is 11.8 Å². The number of hydrogen-bond donors (Lipinski definition) is 0. The Kier molecular flexibility index (Phi) is 3.60. The molecule has 1 amide bonds. The van der Waals surface area contributed by atoms with Crippen molar-refractivity contribution in [1.82, 2.24) is 4.90 Å². The van der Waals surface area contributed by atoms with Crippen LogP contribution in [0.25, 0.3) is 0 Å². The van der Waals surface area contributed by atoms with Crippen LogP contribution in [0.4, 0.5) is 0 Å². The van der Waals surface area contributed by atoms with Crippen LogP contribution in [-0.4, -0.2) is 22.6 Å². The first-order valence-electron chi connectivity index (χ1n) is 5.28. The zero-order valence-electron chi connectivity index (χ0n) is 9.31. The lowest BCUT2D eigenvalue weighted by Gasteiger charge is -2.28. The first-order chi connectivity index (χ1) is 7.59. The minimum atomic E-state index is 0.181. The molecule has 0 saturated carbocycles. The average molecular weight is 300 g/mol. The smallest absolute Gasteiger partial charge is 0.234 e. The minimum absolute atomic E-state index is 0.181. The van der Waals surface area contributed by atoms with Crippen LogP contribution in [0.1, 0.15) is 24.8 Å². The van der Waals surface area contributed by atoms with Crippen molar-refractivity contribution in [3.63, 3.8) is 0 Å². The molecule has 0 aliphatic carbocycles. The van der Waals surface area contributed by atoms with Crippen LogP contribution >= 0.6 is 27.7 Å². The van der Waals surface area contributed by atoms with E-state index in [1.54, 1.807) is 11.8 Å². The second-order valence-corrected chi connectivity index (χ2v) is 6.09. The topological polar surface area (TPSA) is 20.3 Å². The Bertz CT molecular complexity index is 391. The van der Waals surface area contributed by atoms with Gasteiger partial charge in [-0.2, -0.15) is 0 Å². The van der Waals surface area contributed by atoms with Crippen molar-refractivity contribution in [2.45, 2.75) is 25.3 Å². The van der Waals surface area contributed by atoms with Crippen molar-refractivity contribution in [2.75, 3.05) is 5.75 Å². The van der Waals surface area contributed by atoms with Crippen molar-refractivity contribution >= 4 is 33.6 Å². The fourth-order valence-corrected chi connectivity index (χ4v) is 3.46. The summed E-state index contributed by atoms with van der Waals surface area (Å²) in [5.41, 5.74) is 1.20. The third-order valence-electron chi connectivity index (χ3n) is 2.62. The van der Waals surface area contributed by atoms with Gasteiger partial charge in [-0.3, -0.25) is 4.79 Å². The third kappa shape index (κ3) is 2.28. The molecule has 2 nitrogen and oxygen atoms in total. The Morgan fingerprint density at radius 2 is 2.00 bits per heavy atom. The zero-order valence-corrected chi connectivity index (χ0v) is 11.7. The number of amides is 1. The minimum Gasteiger partial charge on any atom is -0.323 e. The first kappa shape index (κ1) is 12.0. The average Bonchev–Trinajstić information content (AvgIpc) is 2.61. The van der Waals surface area contributed by atoms with E-state index in [2.05, 4.69) is 41.9 Å². The van der Waals surface area contributed by atoms with Crippen LogP contribution in [0.5, 0.6) is 0 Å². The fraction of sp³-hybridized carbons (Fsp3) is 0.417. The van der Waals surface area contributed by atoms with Crippen molar-refractivity contribution in [1.29, 1.82) is 0 Å². The number of carbonyl (C=O) groups is 1.